The molecule has 0 radical (unpaired) electrons. The van der Waals surface area contributed by atoms with Gasteiger partial charge in [-0.2, -0.15) is 0 Å². The van der Waals surface area contributed by atoms with E-state index in [0.717, 1.165) is 44.8 Å². The summed E-state index contributed by atoms with van der Waals surface area (Å²) in [5, 5.41) is 9.00. The fourth-order valence-corrected chi connectivity index (χ4v) is 4.22. The zero-order valence-electron chi connectivity index (χ0n) is 14.5. The quantitative estimate of drug-likeness (QED) is 0.782. The highest BCUT2D eigenvalue weighted by atomic mass is 16.4. The molecule has 2 rings (SSSR count). The molecule has 5 nitrogen and oxygen atoms in total. The molecule has 1 unspecified atom stereocenters. The van der Waals surface area contributed by atoms with Crippen molar-refractivity contribution in [3.8, 4) is 0 Å². The minimum absolute atomic E-state index is 0.0865. The predicted octanol–water partition coefficient (Wildman–Crippen LogP) is 2.74. The van der Waals surface area contributed by atoms with Crippen LogP contribution in [-0.4, -0.2) is 59.0 Å². The molecule has 0 spiro atoms. The lowest BCUT2D eigenvalue weighted by molar-refractivity contribution is -0.145. The Kier molecular flexibility index (Phi) is 7.34. The number of carboxylic acid groups (broad SMARTS) is 1. The molecule has 132 valence electrons. The van der Waals surface area contributed by atoms with Crippen LogP contribution in [0.2, 0.25) is 0 Å². The summed E-state index contributed by atoms with van der Waals surface area (Å²) in [7, 11) is 0. The molecular formula is C18H32N2O3. The van der Waals surface area contributed by atoms with E-state index in [-0.39, 0.29) is 18.5 Å². The first-order valence-corrected chi connectivity index (χ1v) is 9.27. The largest absolute Gasteiger partial charge is 0.480 e. The molecule has 1 atom stereocenters. The van der Waals surface area contributed by atoms with Crippen molar-refractivity contribution in [2.24, 2.45) is 5.92 Å². The van der Waals surface area contributed by atoms with Crippen LogP contribution in [0.1, 0.15) is 64.7 Å². The molecule has 0 aromatic rings. The third kappa shape index (κ3) is 6.13. The topological polar surface area (TPSA) is 60.9 Å². The average Bonchev–Trinajstić information content (AvgIpc) is 2.90. The molecule has 5 heteroatoms. The summed E-state index contributed by atoms with van der Waals surface area (Å²) < 4.78 is 0. The van der Waals surface area contributed by atoms with E-state index >= 15 is 0 Å². The van der Waals surface area contributed by atoms with Crippen molar-refractivity contribution in [1.29, 1.82) is 0 Å². The normalized spacial score (nSPS) is 23.6. The zero-order valence-corrected chi connectivity index (χ0v) is 14.5. The van der Waals surface area contributed by atoms with Gasteiger partial charge in [-0.3, -0.25) is 9.59 Å². The summed E-state index contributed by atoms with van der Waals surface area (Å²) in [6, 6.07) is 0.0865. The van der Waals surface area contributed by atoms with Crippen molar-refractivity contribution in [2.75, 3.05) is 26.2 Å². The Morgan fingerprint density at radius 2 is 1.83 bits per heavy atom. The highest BCUT2D eigenvalue weighted by Gasteiger charge is 2.26. The van der Waals surface area contributed by atoms with Crippen molar-refractivity contribution < 1.29 is 14.7 Å². The number of amides is 1. The fourth-order valence-electron chi connectivity index (χ4n) is 4.22. The van der Waals surface area contributed by atoms with E-state index in [1.807, 2.05) is 0 Å². The van der Waals surface area contributed by atoms with Crippen LogP contribution in [0.25, 0.3) is 0 Å². The van der Waals surface area contributed by atoms with E-state index in [4.69, 9.17) is 5.11 Å². The van der Waals surface area contributed by atoms with E-state index < -0.39 is 5.97 Å². The Bertz CT molecular complexity index is 394. The van der Waals surface area contributed by atoms with E-state index in [2.05, 4.69) is 4.90 Å². The summed E-state index contributed by atoms with van der Waals surface area (Å²) in [6.07, 6.45) is 11.2. The van der Waals surface area contributed by atoms with Crippen molar-refractivity contribution in [2.45, 2.75) is 70.8 Å². The number of hydrogen-bond donors (Lipinski definition) is 1. The predicted molar refractivity (Wildman–Crippen MR) is 90.3 cm³/mol. The third-order valence-corrected chi connectivity index (χ3v) is 5.50. The van der Waals surface area contributed by atoms with Crippen LogP contribution in [0, 0.1) is 5.92 Å². The van der Waals surface area contributed by atoms with Gasteiger partial charge in [0.05, 0.1) is 0 Å². The van der Waals surface area contributed by atoms with E-state index in [0.29, 0.717) is 0 Å². The summed E-state index contributed by atoms with van der Waals surface area (Å²) in [5.41, 5.74) is 0. The minimum atomic E-state index is -0.919. The maximum Gasteiger partial charge on any atom is 0.323 e. The van der Waals surface area contributed by atoms with Crippen LogP contribution in [0.3, 0.4) is 0 Å². The summed E-state index contributed by atoms with van der Waals surface area (Å²) in [5.74, 6) is -0.0801. The van der Waals surface area contributed by atoms with Gasteiger partial charge in [0.25, 0.3) is 0 Å². The maximum atomic E-state index is 11.7. The number of rotatable bonds is 7. The molecule has 23 heavy (non-hydrogen) atoms. The van der Waals surface area contributed by atoms with Crippen LogP contribution in [0.5, 0.6) is 0 Å². The number of aliphatic carboxylic acids is 1. The Morgan fingerprint density at radius 3 is 2.48 bits per heavy atom. The minimum Gasteiger partial charge on any atom is -0.480 e. The average molecular weight is 324 g/mol. The molecule has 0 aromatic heterocycles. The number of hydrogen-bond acceptors (Lipinski definition) is 3. The van der Waals surface area contributed by atoms with Gasteiger partial charge < -0.3 is 14.9 Å². The molecule has 1 amide bonds. The van der Waals surface area contributed by atoms with E-state index in [1.54, 1.807) is 4.90 Å². The molecule has 1 N–H and O–H groups in total. The smallest absolute Gasteiger partial charge is 0.323 e. The number of carbonyl (C=O) groups excluding carboxylic acids is 1. The van der Waals surface area contributed by atoms with Gasteiger partial charge in [-0.1, -0.05) is 25.7 Å². The lowest BCUT2D eigenvalue weighted by atomic mass is 10.0. The molecule has 1 heterocycles. The second kappa shape index (κ2) is 9.26. The van der Waals surface area contributed by atoms with Crippen molar-refractivity contribution in [3.05, 3.63) is 0 Å². The monoisotopic (exact) mass is 324 g/mol. The molecule has 1 saturated heterocycles. The highest BCUT2D eigenvalue weighted by molar-refractivity contribution is 5.79. The second-order valence-corrected chi connectivity index (χ2v) is 7.26. The maximum absolute atomic E-state index is 11.7. The lowest BCUT2D eigenvalue weighted by Gasteiger charge is -2.29. The lowest BCUT2D eigenvalue weighted by Crippen LogP contribution is -2.42. The summed E-state index contributed by atoms with van der Waals surface area (Å²) >= 11 is 0. The SMILES string of the molecule is CC(=O)N(CC(=O)O)C1CCCN(CCCC2CCCC2)CC1. The number of nitrogens with zero attached hydrogens (tertiary/aromatic N) is 2. The first-order valence-electron chi connectivity index (χ1n) is 9.27. The molecule has 1 aliphatic carbocycles. The van der Waals surface area contributed by atoms with Gasteiger partial charge in [-0.15, -0.1) is 0 Å². The van der Waals surface area contributed by atoms with Crippen molar-refractivity contribution in [1.82, 2.24) is 9.80 Å². The van der Waals surface area contributed by atoms with Crippen LogP contribution in [-0.2, 0) is 9.59 Å². The first-order chi connectivity index (χ1) is 11.1. The Balaban J connectivity index is 1.74. The van der Waals surface area contributed by atoms with Crippen molar-refractivity contribution >= 4 is 11.9 Å². The van der Waals surface area contributed by atoms with Gasteiger partial charge >= 0.3 is 5.97 Å². The Morgan fingerprint density at radius 1 is 1.09 bits per heavy atom. The standard InChI is InChI=1S/C18H32N2O3/c1-15(21)20(14-18(22)23)17-9-5-12-19(13-10-17)11-4-8-16-6-2-3-7-16/h16-17H,2-14H2,1H3,(H,22,23). The third-order valence-electron chi connectivity index (χ3n) is 5.50. The number of likely N-dealkylation sites (tertiary alicyclic amines) is 1. The molecule has 0 bridgehead atoms. The number of carbonyl (C=O) groups is 2. The van der Waals surface area contributed by atoms with Gasteiger partial charge in [-0.25, -0.2) is 0 Å². The fraction of sp³-hybridized carbons (Fsp3) is 0.889. The van der Waals surface area contributed by atoms with E-state index in [1.165, 1.54) is 45.4 Å². The van der Waals surface area contributed by atoms with Crippen molar-refractivity contribution in [3.63, 3.8) is 0 Å². The number of carboxylic acids is 1. The van der Waals surface area contributed by atoms with Gasteiger partial charge in [0.1, 0.15) is 6.54 Å². The Hall–Kier alpha value is -1.10. The first kappa shape index (κ1) is 18.2. The van der Waals surface area contributed by atoms with Crippen LogP contribution >= 0.6 is 0 Å². The van der Waals surface area contributed by atoms with Gasteiger partial charge in [-0.05, 0) is 51.1 Å². The Labute approximate surface area is 140 Å². The van der Waals surface area contributed by atoms with Gasteiger partial charge in [0.15, 0.2) is 0 Å². The summed E-state index contributed by atoms with van der Waals surface area (Å²) in [4.78, 5) is 26.8. The molecule has 2 fully saturated rings. The second-order valence-electron chi connectivity index (χ2n) is 7.26. The van der Waals surface area contributed by atoms with Crippen LogP contribution in [0.4, 0.5) is 0 Å². The van der Waals surface area contributed by atoms with Crippen LogP contribution < -0.4 is 0 Å². The highest BCUT2D eigenvalue weighted by Crippen LogP contribution is 2.28. The van der Waals surface area contributed by atoms with Gasteiger partial charge in [0, 0.05) is 19.5 Å². The van der Waals surface area contributed by atoms with Gasteiger partial charge in [0.2, 0.25) is 5.91 Å². The molecule has 0 aromatic carbocycles. The molecule has 1 saturated carbocycles. The van der Waals surface area contributed by atoms with Crippen LogP contribution in [0.15, 0.2) is 0 Å². The van der Waals surface area contributed by atoms with E-state index in [9.17, 15) is 9.59 Å². The summed E-state index contributed by atoms with van der Waals surface area (Å²) in [6.45, 7) is 4.54. The zero-order chi connectivity index (χ0) is 16.7. The molecular weight excluding hydrogens is 292 g/mol. The molecule has 1 aliphatic heterocycles. The molecule has 2 aliphatic rings.